The second-order valence-electron chi connectivity index (χ2n) is 5.74. The molecule has 7 heteroatoms. The standard InChI is InChI=1S/C16H16N6O/c1-11-17-8-12-9-21(7-6-14(12)18-11)10-22-16(23)13-4-2-3-5-15(13)19-20-22/h2-5,8H,6-7,9-10H2,1H3. The van der Waals surface area contributed by atoms with Crippen LogP contribution in [0.2, 0.25) is 0 Å². The zero-order chi connectivity index (χ0) is 15.8. The molecule has 4 rings (SSSR count). The third-order valence-corrected chi connectivity index (χ3v) is 4.10. The molecule has 0 fully saturated rings. The molecular weight excluding hydrogens is 292 g/mol. The van der Waals surface area contributed by atoms with E-state index in [2.05, 4.69) is 25.2 Å². The Labute approximate surface area is 132 Å². The predicted molar refractivity (Wildman–Crippen MR) is 84.7 cm³/mol. The molecule has 2 aromatic heterocycles. The highest BCUT2D eigenvalue weighted by atomic mass is 16.1. The summed E-state index contributed by atoms with van der Waals surface area (Å²) in [6, 6.07) is 7.27. The van der Waals surface area contributed by atoms with Gasteiger partial charge in [0, 0.05) is 37.0 Å². The number of benzene rings is 1. The van der Waals surface area contributed by atoms with Crippen molar-refractivity contribution in [3.8, 4) is 0 Å². The summed E-state index contributed by atoms with van der Waals surface area (Å²) in [5, 5.41) is 8.77. The lowest BCUT2D eigenvalue weighted by Crippen LogP contribution is -2.38. The summed E-state index contributed by atoms with van der Waals surface area (Å²) in [5.74, 6) is 0.800. The van der Waals surface area contributed by atoms with Gasteiger partial charge >= 0.3 is 0 Å². The van der Waals surface area contributed by atoms with E-state index in [0.29, 0.717) is 17.6 Å². The molecule has 0 saturated carbocycles. The second kappa shape index (κ2) is 5.51. The molecule has 0 amide bonds. The van der Waals surface area contributed by atoms with Crippen molar-refractivity contribution in [2.24, 2.45) is 0 Å². The van der Waals surface area contributed by atoms with Crippen LogP contribution < -0.4 is 5.56 Å². The molecule has 0 spiro atoms. The SMILES string of the molecule is Cc1ncc2c(n1)CCN(Cn1nnc3ccccc3c1=O)C2. The maximum absolute atomic E-state index is 12.5. The van der Waals surface area contributed by atoms with E-state index in [-0.39, 0.29) is 5.56 Å². The molecule has 1 aromatic carbocycles. The van der Waals surface area contributed by atoms with Crippen LogP contribution >= 0.6 is 0 Å². The monoisotopic (exact) mass is 308 g/mol. The van der Waals surface area contributed by atoms with E-state index in [1.165, 1.54) is 4.68 Å². The van der Waals surface area contributed by atoms with Crippen molar-refractivity contribution in [1.82, 2.24) is 29.9 Å². The molecular formula is C16H16N6O. The van der Waals surface area contributed by atoms with Gasteiger partial charge in [-0.1, -0.05) is 17.3 Å². The molecule has 3 heterocycles. The molecule has 0 aliphatic carbocycles. The lowest BCUT2D eigenvalue weighted by atomic mass is 10.1. The summed E-state index contributed by atoms with van der Waals surface area (Å²) in [6.45, 7) is 3.88. The number of rotatable bonds is 2. The summed E-state index contributed by atoms with van der Waals surface area (Å²) in [4.78, 5) is 23.4. The molecule has 116 valence electrons. The van der Waals surface area contributed by atoms with Gasteiger partial charge in [-0.25, -0.2) is 9.97 Å². The van der Waals surface area contributed by atoms with Crippen molar-refractivity contribution in [2.75, 3.05) is 6.54 Å². The van der Waals surface area contributed by atoms with E-state index in [1.807, 2.05) is 25.3 Å². The zero-order valence-corrected chi connectivity index (χ0v) is 12.8. The van der Waals surface area contributed by atoms with E-state index >= 15 is 0 Å². The van der Waals surface area contributed by atoms with Crippen molar-refractivity contribution in [1.29, 1.82) is 0 Å². The number of aryl methyl sites for hydroxylation is 1. The van der Waals surface area contributed by atoms with Gasteiger partial charge in [-0.3, -0.25) is 9.69 Å². The average molecular weight is 308 g/mol. The number of aromatic nitrogens is 5. The van der Waals surface area contributed by atoms with Gasteiger partial charge in [-0.05, 0) is 19.1 Å². The Balaban J connectivity index is 1.61. The third-order valence-electron chi connectivity index (χ3n) is 4.10. The lowest BCUT2D eigenvalue weighted by molar-refractivity contribution is 0.181. The normalized spacial score (nSPS) is 14.8. The minimum atomic E-state index is -0.110. The summed E-state index contributed by atoms with van der Waals surface area (Å²) in [7, 11) is 0. The Morgan fingerprint density at radius 2 is 2.13 bits per heavy atom. The van der Waals surface area contributed by atoms with E-state index < -0.39 is 0 Å². The summed E-state index contributed by atoms with van der Waals surface area (Å²) in [6.07, 6.45) is 2.73. The molecule has 3 aromatic rings. The number of nitrogens with zero attached hydrogens (tertiary/aromatic N) is 6. The van der Waals surface area contributed by atoms with Gasteiger partial charge in [0.15, 0.2) is 0 Å². The Kier molecular flexibility index (Phi) is 3.34. The van der Waals surface area contributed by atoms with Crippen molar-refractivity contribution < 1.29 is 0 Å². The van der Waals surface area contributed by atoms with Gasteiger partial charge in [-0.15, -0.1) is 5.10 Å². The van der Waals surface area contributed by atoms with E-state index in [0.717, 1.165) is 36.6 Å². The minimum Gasteiger partial charge on any atom is -0.279 e. The molecule has 1 aliphatic heterocycles. The van der Waals surface area contributed by atoms with Crippen LogP contribution in [0, 0.1) is 6.92 Å². The molecule has 0 unspecified atom stereocenters. The van der Waals surface area contributed by atoms with Crippen LogP contribution in [0.4, 0.5) is 0 Å². The van der Waals surface area contributed by atoms with Gasteiger partial charge in [-0.2, -0.15) is 4.68 Å². The second-order valence-corrected chi connectivity index (χ2v) is 5.74. The summed E-state index contributed by atoms with van der Waals surface area (Å²) in [5.41, 5.74) is 2.73. The fraction of sp³-hybridized carbons (Fsp3) is 0.312. The van der Waals surface area contributed by atoms with Crippen LogP contribution in [0.5, 0.6) is 0 Å². The highest BCUT2D eigenvalue weighted by Crippen LogP contribution is 2.16. The van der Waals surface area contributed by atoms with E-state index in [1.54, 1.807) is 12.1 Å². The van der Waals surface area contributed by atoms with Crippen LogP contribution in [-0.2, 0) is 19.6 Å². The molecule has 23 heavy (non-hydrogen) atoms. The highest BCUT2D eigenvalue weighted by Gasteiger charge is 2.19. The Morgan fingerprint density at radius 3 is 3.04 bits per heavy atom. The fourth-order valence-corrected chi connectivity index (χ4v) is 2.90. The first-order chi connectivity index (χ1) is 11.2. The van der Waals surface area contributed by atoms with Gasteiger partial charge in [0.05, 0.1) is 12.1 Å². The smallest absolute Gasteiger partial charge is 0.278 e. The van der Waals surface area contributed by atoms with E-state index in [4.69, 9.17) is 0 Å². The quantitative estimate of drug-likeness (QED) is 0.700. The Morgan fingerprint density at radius 1 is 1.26 bits per heavy atom. The first kappa shape index (κ1) is 14.0. The summed E-state index contributed by atoms with van der Waals surface area (Å²) >= 11 is 0. The van der Waals surface area contributed by atoms with E-state index in [9.17, 15) is 4.79 Å². The molecule has 0 radical (unpaired) electrons. The van der Waals surface area contributed by atoms with Crippen molar-refractivity contribution in [2.45, 2.75) is 26.6 Å². The predicted octanol–water partition coefficient (Wildman–Crippen LogP) is 0.906. The van der Waals surface area contributed by atoms with Gasteiger partial charge in [0.25, 0.3) is 5.56 Å². The highest BCUT2D eigenvalue weighted by molar-refractivity contribution is 5.76. The number of hydrogen-bond acceptors (Lipinski definition) is 6. The van der Waals surface area contributed by atoms with Crippen molar-refractivity contribution in [3.05, 3.63) is 57.9 Å². The molecule has 0 saturated heterocycles. The maximum Gasteiger partial charge on any atom is 0.278 e. The average Bonchev–Trinajstić information content (AvgIpc) is 2.58. The van der Waals surface area contributed by atoms with Crippen LogP contribution in [0.15, 0.2) is 35.3 Å². The number of hydrogen-bond donors (Lipinski definition) is 0. The summed E-state index contributed by atoms with van der Waals surface area (Å²) < 4.78 is 1.42. The van der Waals surface area contributed by atoms with Gasteiger partial charge in [0.1, 0.15) is 11.3 Å². The molecule has 0 N–H and O–H groups in total. The first-order valence-corrected chi connectivity index (χ1v) is 7.57. The van der Waals surface area contributed by atoms with Crippen LogP contribution in [-0.4, -0.2) is 36.4 Å². The molecule has 0 atom stereocenters. The first-order valence-electron chi connectivity index (χ1n) is 7.57. The Bertz CT molecular complexity index is 935. The molecule has 0 bridgehead atoms. The topological polar surface area (TPSA) is 76.8 Å². The fourth-order valence-electron chi connectivity index (χ4n) is 2.90. The van der Waals surface area contributed by atoms with Crippen molar-refractivity contribution >= 4 is 10.9 Å². The third kappa shape index (κ3) is 2.59. The van der Waals surface area contributed by atoms with Crippen LogP contribution in [0.3, 0.4) is 0 Å². The molecule has 1 aliphatic rings. The Hall–Kier alpha value is -2.67. The minimum absolute atomic E-state index is 0.110. The van der Waals surface area contributed by atoms with Crippen LogP contribution in [0.1, 0.15) is 17.1 Å². The number of fused-ring (bicyclic) bond motifs is 2. The van der Waals surface area contributed by atoms with Gasteiger partial charge in [0.2, 0.25) is 0 Å². The van der Waals surface area contributed by atoms with Crippen LogP contribution in [0.25, 0.3) is 10.9 Å². The largest absolute Gasteiger partial charge is 0.279 e. The van der Waals surface area contributed by atoms with Gasteiger partial charge < -0.3 is 0 Å². The maximum atomic E-state index is 12.5. The van der Waals surface area contributed by atoms with Crippen molar-refractivity contribution in [3.63, 3.8) is 0 Å². The lowest BCUT2D eigenvalue weighted by Gasteiger charge is -2.27. The zero-order valence-electron chi connectivity index (χ0n) is 12.8. The molecule has 7 nitrogen and oxygen atoms in total.